The second-order valence-electron chi connectivity index (χ2n) is 5.98. The number of hydrazine groups is 1. The van der Waals surface area contributed by atoms with Crippen molar-refractivity contribution in [2.45, 2.75) is 0 Å². The molecule has 0 unspecified atom stereocenters. The monoisotopic (exact) mass is 401 g/mol. The van der Waals surface area contributed by atoms with Gasteiger partial charge in [0.05, 0.1) is 30.2 Å². The first kappa shape index (κ1) is 19.8. The molecule has 0 bridgehead atoms. The topological polar surface area (TPSA) is 97.3 Å². The Morgan fingerprint density at radius 3 is 2.52 bits per heavy atom. The lowest BCUT2D eigenvalue weighted by molar-refractivity contribution is 0.0962. The number of carbonyl (C=O) groups excluding carboxylic acids is 1. The summed E-state index contributed by atoms with van der Waals surface area (Å²) in [6.07, 6.45) is 2.62. The van der Waals surface area contributed by atoms with Crippen molar-refractivity contribution in [3.8, 4) is 5.88 Å². The molecule has 3 N–H and O–H groups in total. The van der Waals surface area contributed by atoms with E-state index in [0.29, 0.717) is 5.69 Å². The summed E-state index contributed by atoms with van der Waals surface area (Å²) in [6, 6.07) is 7.78. The fourth-order valence-corrected chi connectivity index (χ4v) is 2.44. The van der Waals surface area contributed by atoms with E-state index in [4.69, 9.17) is 4.74 Å². The van der Waals surface area contributed by atoms with Crippen molar-refractivity contribution in [1.82, 2.24) is 15.0 Å². The summed E-state index contributed by atoms with van der Waals surface area (Å²) in [7, 11) is 2.78. The minimum atomic E-state index is -0.701. The number of aromatic nitrogens is 2. The number of rotatable bonds is 6. The van der Waals surface area contributed by atoms with E-state index in [-0.39, 0.29) is 28.4 Å². The fraction of sp³-hybridized carbons (Fsp3) is 0.105. The number of aryl methyl sites for hydroxylation is 1. The van der Waals surface area contributed by atoms with Crippen LogP contribution in [0, 0.1) is 11.6 Å². The maximum absolute atomic E-state index is 13.7. The lowest BCUT2D eigenvalue weighted by atomic mass is 10.2. The van der Waals surface area contributed by atoms with Gasteiger partial charge in [-0.2, -0.15) is 0 Å². The lowest BCUT2D eigenvalue weighted by Crippen LogP contribution is -2.31. The molecular formula is C19H17F2N5O3. The predicted molar refractivity (Wildman–Crippen MR) is 103 cm³/mol. The zero-order chi connectivity index (χ0) is 21.0. The zero-order valence-corrected chi connectivity index (χ0v) is 15.5. The maximum atomic E-state index is 13.7. The van der Waals surface area contributed by atoms with Crippen molar-refractivity contribution in [3.05, 3.63) is 76.3 Å². The molecule has 0 atom stereocenters. The van der Waals surface area contributed by atoms with Crippen LogP contribution >= 0.6 is 0 Å². The molecule has 0 aliphatic heterocycles. The largest absolute Gasteiger partial charge is 0.479 e. The molecule has 2 aromatic heterocycles. The van der Waals surface area contributed by atoms with Crippen LogP contribution in [-0.4, -0.2) is 22.6 Å². The van der Waals surface area contributed by atoms with E-state index < -0.39 is 17.5 Å². The Hall–Kier alpha value is -3.95. The SMILES string of the molecule is COc1ncc(NNC(=O)c2cn(C)c(=O)cc2Nc2ccc(F)cc2)cc1F. The molecule has 1 aromatic carbocycles. The average molecular weight is 401 g/mol. The minimum Gasteiger partial charge on any atom is -0.479 e. The van der Waals surface area contributed by atoms with E-state index in [0.717, 1.165) is 6.07 Å². The highest BCUT2D eigenvalue weighted by Crippen LogP contribution is 2.20. The van der Waals surface area contributed by atoms with Gasteiger partial charge in [-0.1, -0.05) is 0 Å². The molecule has 1 amide bonds. The molecular weight excluding hydrogens is 384 g/mol. The van der Waals surface area contributed by atoms with Crippen molar-refractivity contribution in [2.24, 2.45) is 7.05 Å². The highest BCUT2D eigenvalue weighted by molar-refractivity contribution is 6.00. The summed E-state index contributed by atoms with van der Waals surface area (Å²) < 4.78 is 32.8. The molecule has 10 heteroatoms. The summed E-state index contributed by atoms with van der Waals surface area (Å²) in [5.41, 5.74) is 5.64. The second kappa shape index (κ2) is 8.38. The van der Waals surface area contributed by atoms with Crippen LogP contribution in [0.1, 0.15) is 10.4 Å². The first-order valence-corrected chi connectivity index (χ1v) is 8.36. The van der Waals surface area contributed by atoms with Gasteiger partial charge in [-0.3, -0.25) is 20.4 Å². The number of hydrogen-bond donors (Lipinski definition) is 3. The second-order valence-corrected chi connectivity index (χ2v) is 5.98. The number of hydrogen-bond acceptors (Lipinski definition) is 6. The smallest absolute Gasteiger partial charge is 0.273 e. The highest BCUT2D eigenvalue weighted by Gasteiger charge is 2.15. The average Bonchev–Trinajstić information content (AvgIpc) is 2.70. The van der Waals surface area contributed by atoms with E-state index in [1.807, 2.05) is 0 Å². The number of nitrogens with zero attached hydrogens (tertiary/aromatic N) is 2. The molecule has 0 saturated heterocycles. The lowest BCUT2D eigenvalue weighted by Gasteiger charge is -2.14. The molecule has 8 nitrogen and oxygen atoms in total. The Morgan fingerprint density at radius 2 is 1.86 bits per heavy atom. The van der Waals surface area contributed by atoms with Crippen LogP contribution in [0.2, 0.25) is 0 Å². The Bertz CT molecular complexity index is 1100. The molecule has 2 heterocycles. The summed E-state index contributed by atoms with van der Waals surface area (Å²) in [5, 5.41) is 2.91. The Labute approximate surface area is 164 Å². The first-order chi connectivity index (χ1) is 13.9. The van der Waals surface area contributed by atoms with Crippen LogP contribution in [0.15, 0.2) is 53.6 Å². The third-order valence-electron chi connectivity index (χ3n) is 3.92. The van der Waals surface area contributed by atoms with Gasteiger partial charge in [-0.15, -0.1) is 0 Å². The van der Waals surface area contributed by atoms with Crippen LogP contribution in [0.5, 0.6) is 5.88 Å². The third kappa shape index (κ3) is 4.67. The van der Waals surface area contributed by atoms with Crippen LogP contribution in [-0.2, 0) is 7.05 Å². The number of anilines is 3. The number of benzene rings is 1. The van der Waals surface area contributed by atoms with E-state index in [1.54, 1.807) is 0 Å². The number of carbonyl (C=O) groups is 1. The molecule has 0 spiro atoms. The van der Waals surface area contributed by atoms with Gasteiger partial charge in [0, 0.05) is 31.1 Å². The molecule has 0 fully saturated rings. The molecule has 0 aliphatic carbocycles. The van der Waals surface area contributed by atoms with Gasteiger partial charge in [-0.05, 0) is 24.3 Å². The van der Waals surface area contributed by atoms with Crippen molar-refractivity contribution in [2.75, 3.05) is 17.9 Å². The molecule has 0 radical (unpaired) electrons. The van der Waals surface area contributed by atoms with Gasteiger partial charge >= 0.3 is 0 Å². The summed E-state index contributed by atoms with van der Waals surface area (Å²) in [5.74, 6) is -1.89. The minimum absolute atomic E-state index is 0.130. The van der Waals surface area contributed by atoms with Gasteiger partial charge in [0.2, 0.25) is 5.88 Å². The Balaban J connectivity index is 1.81. The summed E-state index contributed by atoms with van der Waals surface area (Å²) in [4.78, 5) is 28.4. The number of methoxy groups -OCH3 is 1. The van der Waals surface area contributed by atoms with Crippen molar-refractivity contribution in [1.29, 1.82) is 0 Å². The van der Waals surface area contributed by atoms with E-state index in [1.165, 1.54) is 61.5 Å². The number of ether oxygens (including phenoxy) is 1. The van der Waals surface area contributed by atoms with Gasteiger partial charge in [0.1, 0.15) is 5.82 Å². The number of amides is 1. The quantitative estimate of drug-likeness (QED) is 0.550. The van der Waals surface area contributed by atoms with E-state index in [9.17, 15) is 18.4 Å². The fourth-order valence-electron chi connectivity index (χ4n) is 2.44. The van der Waals surface area contributed by atoms with Crippen LogP contribution in [0.3, 0.4) is 0 Å². The normalized spacial score (nSPS) is 10.3. The molecule has 3 aromatic rings. The molecule has 0 aliphatic rings. The standard InChI is InChI=1S/C19H17F2N5O3/c1-26-10-14(16(8-17(26)27)23-12-5-3-11(20)4-6-12)18(28)25-24-13-7-15(21)19(29-2)22-9-13/h3-10,23-24H,1-2H3,(H,25,28). The van der Waals surface area contributed by atoms with Gasteiger partial charge < -0.3 is 14.6 Å². The third-order valence-corrected chi connectivity index (χ3v) is 3.92. The molecule has 0 saturated carbocycles. The Morgan fingerprint density at radius 1 is 1.14 bits per heavy atom. The summed E-state index contributed by atoms with van der Waals surface area (Å²) >= 11 is 0. The van der Waals surface area contributed by atoms with Crippen molar-refractivity contribution in [3.63, 3.8) is 0 Å². The molecule has 29 heavy (non-hydrogen) atoms. The molecule has 3 rings (SSSR count). The van der Waals surface area contributed by atoms with Gasteiger partial charge in [0.25, 0.3) is 11.5 Å². The molecule has 150 valence electrons. The van der Waals surface area contributed by atoms with E-state index in [2.05, 4.69) is 21.2 Å². The van der Waals surface area contributed by atoms with Gasteiger partial charge in [-0.25, -0.2) is 13.8 Å². The van der Waals surface area contributed by atoms with Gasteiger partial charge in [0.15, 0.2) is 5.82 Å². The maximum Gasteiger partial charge on any atom is 0.273 e. The number of pyridine rings is 2. The van der Waals surface area contributed by atoms with Crippen molar-refractivity contribution < 1.29 is 18.3 Å². The predicted octanol–water partition coefficient (Wildman–Crippen LogP) is 2.57. The number of halogens is 2. The zero-order valence-electron chi connectivity index (χ0n) is 15.5. The Kier molecular flexibility index (Phi) is 5.72. The van der Waals surface area contributed by atoms with Crippen LogP contribution in [0.4, 0.5) is 25.8 Å². The first-order valence-electron chi connectivity index (χ1n) is 8.36. The van der Waals surface area contributed by atoms with E-state index >= 15 is 0 Å². The highest BCUT2D eigenvalue weighted by atomic mass is 19.1. The van der Waals surface area contributed by atoms with Crippen molar-refractivity contribution >= 4 is 23.0 Å². The van der Waals surface area contributed by atoms with Crippen LogP contribution < -0.4 is 26.5 Å². The van der Waals surface area contributed by atoms with Crippen LogP contribution in [0.25, 0.3) is 0 Å². The number of nitrogens with one attached hydrogen (secondary N) is 3. The summed E-state index contributed by atoms with van der Waals surface area (Å²) in [6.45, 7) is 0.